The van der Waals surface area contributed by atoms with E-state index in [0.29, 0.717) is 0 Å². The smallest absolute Gasteiger partial charge is 0.227 e. The minimum Gasteiger partial charge on any atom is -0.326 e. The molecule has 5 rings (SSSR count). The van der Waals surface area contributed by atoms with E-state index in [0.717, 1.165) is 48.3 Å². The van der Waals surface area contributed by atoms with E-state index in [9.17, 15) is 10.1 Å². The van der Waals surface area contributed by atoms with Crippen molar-refractivity contribution in [3.8, 4) is 11.8 Å². The number of nitrogens with one attached hydrogen (secondary N) is 2. The number of aromatic nitrogens is 2. The Labute approximate surface area is 163 Å². The van der Waals surface area contributed by atoms with E-state index < -0.39 is 0 Å². The number of rotatable bonds is 3. The molecule has 1 spiro atoms. The number of fused-ring (bicyclic) bond motifs is 1. The topological polar surface area (TPSA) is 82.7 Å². The highest BCUT2D eigenvalue weighted by Crippen LogP contribution is 2.52. The largest absolute Gasteiger partial charge is 0.326 e. The summed E-state index contributed by atoms with van der Waals surface area (Å²) in [6.45, 7) is 1.59. The van der Waals surface area contributed by atoms with Crippen molar-refractivity contribution in [2.45, 2.75) is 12.8 Å². The van der Waals surface area contributed by atoms with Crippen molar-refractivity contribution in [1.29, 1.82) is 5.26 Å². The lowest BCUT2D eigenvalue weighted by molar-refractivity contribution is -0.127. The molecular weight excluding hydrogens is 350 g/mol. The first kappa shape index (κ1) is 17.0. The van der Waals surface area contributed by atoms with Crippen LogP contribution in [0.15, 0.2) is 54.9 Å². The minimum atomic E-state index is -0.0201. The zero-order valence-corrected chi connectivity index (χ0v) is 15.4. The van der Waals surface area contributed by atoms with Gasteiger partial charge in [-0.25, -0.2) is 4.98 Å². The van der Waals surface area contributed by atoms with Crippen molar-refractivity contribution < 1.29 is 4.79 Å². The fourth-order valence-electron chi connectivity index (χ4n) is 4.65. The van der Waals surface area contributed by atoms with Gasteiger partial charge in [0.1, 0.15) is 6.33 Å². The van der Waals surface area contributed by atoms with E-state index in [-0.39, 0.29) is 23.2 Å². The van der Waals surface area contributed by atoms with Crippen molar-refractivity contribution in [3.05, 3.63) is 54.9 Å². The van der Waals surface area contributed by atoms with E-state index >= 15 is 0 Å². The molecule has 1 amide bonds. The lowest BCUT2D eigenvalue weighted by atomic mass is 9.57. The maximum absolute atomic E-state index is 12.7. The SMILES string of the molecule is N#CC1CNCC12CC(C(=O)Nc1ccc3c(c1)ncn3-c1ccccc1)C2. The first-order valence-corrected chi connectivity index (χ1v) is 9.62. The molecule has 1 aromatic heterocycles. The highest BCUT2D eigenvalue weighted by atomic mass is 16.1. The molecule has 1 aliphatic heterocycles. The lowest BCUT2D eigenvalue weighted by Crippen LogP contribution is -2.47. The molecule has 1 unspecified atom stereocenters. The van der Waals surface area contributed by atoms with Crippen LogP contribution in [-0.2, 0) is 4.79 Å². The van der Waals surface area contributed by atoms with Crippen molar-refractivity contribution >= 4 is 22.6 Å². The van der Waals surface area contributed by atoms with Crippen LogP contribution in [0.1, 0.15) is 12.8 Å². The number of carbonyl (C=O) groups excluding carboxylic acids is 1. The Morgan fingerprint density at radius 3 is 2.86 bits per heavy atom. The van der Waals surface area contributed by atoms with E-state index in [1.165, 1.54) is 0 Å². The van der Waals surface area contributed by atoms with Crippen LogP contribution < -0.4 is 10.6 Å². The molecule has 0 bridgehead atoms. The summed E-state index contributed by atoms with van der Waals surface area (Å²) in [5.41, 5.74) is 3.66. The standard InChI is InChI=1S/C22H21N5O/c23-11-16-12-24-13-22(16)9-15(10-22)21(28)26-17-6-7-20-19(8-17)25-14-27(20)18-4-2-1-3-5-18/h1-8,14-16,24H,9-10,12-13H2,(H,26,28). The summed E-state index contributed by atoms with van der Waals surface area (Å²) in [6.07, 6.45) is 3.38. The van der Waals surface area contributed by atoms with Gasteiger partial charge in [0.25, 0.3) is 0 Å². The third kappa shape index (κ3) is 2.67. The van der Waals surface area contributed by atoms with Gasteiger partial charge in [-0.15, -0.1) is 0 Å². The molecule has 2 aliphatic rings. The number of carbonyl (C=O) groups is 1. The van der Waals surface area contributed by atoms with E-state index in [2.05, 4.69) is 21.7 Å². The Bertz CT molecular complexity index is 1080. The molecule has 6 nitrogen and oxygen atoms in total. The Balaban J connectivity index is 1.30. The summed E-state index contributed by atoms with van der Waals surface area (Å²) in [5.74, 6) is 0.0410. The van der Waals surface area contributed by atoms with Crippen LogP contribution in [0.5, 0.6) is 0 Å². The van der Waals surface area contributed by atoms with Gasteiger partial charge in [0.15, 0.2) is 0 Å². The molecule has 1 aliphatic carbocycles. The average molecular weight is 371 g/mol. The van der Waals surface area contributed by atoms with Crippen LogP contribution in [0.4, 0.5) is 5.69 Å². The van der Waals surface area contributed by atoms with Gasteiger partial charge in [-0.3, -0.25) is 9.36 Å². The number of benzene rings is 2. The molecule has 2 N–H and O–H groups in total. The minimum absolute atomic E-state index is 0.00479. The number of hydrogen-bond donors (Lipinski definition) is 2. The lowest BCUT2D eigenvalue weighted by Gasteiger charge is -2.45. The summed E-state index contributed by atoms with van der Waals surface area (Å²) in [6, 6.07) is 18.3. The molecule has 140 valence electrons. The monoisotopic (exact) mass is 371 g/mol. The number of imidazole rings is 1. The molecular formula is C22H21N5O. The second-order valence-electron chi connectivity index (χ2n) is 7.92. The molecule has 6 heteroatoms. The maximum atomic E-state index is 12.7. The van der Waals surface area contributed by atoms with Crippen LogP contribution in [0.2, 0.25) is 0 Å². The normalized spacial score (nSPS) is 26.1. The Morgan fingerprint density at radius 2 is 2.07 bits per heavy atom. The van der Waals surface area contributed by atoms with Crippen molar-refractivity contribution in [3.63, 3.8) is 0 Å². The van der Waals surface area contributed by atoms with Gasteiger partial charge in [-0.05, 0) is 43.2 Å². The summed E-state index contributed by atoms with van der Waals surface area (Å²) in [4.78, 5) is 17.1. The Morgan fingerprint density at radius 1 is 1.25 bits per heavy atom. The van der Waals surface area contributed by atoms with Gasteiger partial charge >= 0.3 is 0 Å². The predicted octanol–water partition coefficient (Wildman–Crippen LogP) is 3.10. The summed E-state index contributed by atoms with van der Waals surface area (Å²) >= 11 is 0. The Hall–Kier alpha value is -3.17. The number of nitriles is 1. The number of anilines is 1. The van der Waals surface area contributed by atoms with Gasteiger partial charge in [0, 0.05) is 35.8 Å². The molecule has 28 heavy (non-hydrogen) atoms. The average Bonchev–Trinajstić information content (AvgIpc) is 3.31. The van der Waals surface area contributed by atoms with Gasteiger partial charge in [-0.1, -0.05) is 18.2 Å². The van der Waals surface area contributed by atoms with E-state index in [4.69, 9.17) is 0 Å². The first-order valence-electron chi connectivity index (χ1n) is 9.62. The maximum Gasteiger partial charge on any atom is 0.227 e. The fourth-order valence-corrected chi connectivity index (χ4v) is 4.65. The summed E-state index contributed by atoms with van der Waals surface area (Å²) in [5, 5.41) is 15.6. The highest BCUT2D eigenvalue weighted by molar-refractivity contribution is 5.95. The molecule has 1 atom stereocenters. The molecule has 2 heterocycles. The van der Waals surface area contributed by atoms with Gasteiger partial charge in [0.05, 0.1) is 23.0 Å². The zero-order valence-electron chi connectivity index (χ0n) is 15.4. The van der Waals surface area contributed by atoms with Crippen LogP contribution in [-0.4, -0.2) is 28.5 Å². The molecule has 0 radical (unpaired) electrons. The third-order valence-corrected chi connectivity index (χ3v) is 6.25. The molecule has 1 saturated heterocycles. The molecule has 3 aromatic rings. The number of para-hydroxylation sites is 1. The second-order valence-corrected chi connectivity index (χ2v) is 7.92. The third-order valence-electron chi connectivity index (χ3n) is 6.25. The fraction of sp³-hybridized carbons (Fsp3) is 0.318. The van der Waals surface area contributed by atoms with Gasteiger partial charge in [-0.2, -0.15) is 5.26 Å². The quantitative estimate of drug-likeness (QED) is 0.741. The van der Waals surface area contributed by atoms with Crippen LogP contribution in [0.25, 0.3) is 16.7 Å². The van der Waals surface area contributed by atoms with Crippen molar-refractivity contribution in [2.75, 3.05) is 18.4 Å². The van der Waals surface area contributed by atoms with Crippen LogP contribution >= 0.6 is 0 Å². The molecule has 1 saturated carbocycles. The molecule has 2 fully saturated rings. The number of hydrogen-bond acceptors (Lipinski definition) is 4. The number of nitrogens with zero attached hydrogens (tertiary/aromatic N) is 3. The van der Waals surface area contributed by atoms with Crippen LogP contribution in [0, 0.1) is 28.6 Å². The number of amides is 1. The van der Waals surface area contributed by atoms with Gasteiger partial charge in [0.2, 0.25) is 5.91 Å². The summed E-state index contributed by atoms with van der Waals surface area (Å²) in [7, 11) is 0. The predicted molar refractivity (Wildman–Crippen MR) is 107 cm³/mol. The van der Waals surface area contributed by atoms with Crippen molar-refractivity contribution in [1.82, 2.24) is 14.9 Å². The Kier molecular flexibility index (Phi) is 3.92. The van der Waals surface area contributed by atoms with Crippen molar-refractivity contribution in [2.24, 2.45) is 17.3 Å². The highest BCUT2D eigenvalue weighted by Gasteiger charge is 2.54. The molecule has 2 aromatic carbocycles. The summed E-state index contributed by atoms with van der Waals surface area (Å²) < 4.78 is 2.03. The first-order chi connectivity index (χ1) is 13.7. The van der Waals surface area contributed by atoms with E-state index in [1.807, 2.05) is 53.1 Å². The van der Waals surface area contributed by atoms with E-state index in [1.54, 1.807) is 6.33 Å². The van der Waals surface area contributed by atoms with Crippen LogP contribution in [0.3, 0.4) is 0 Å². The zero-order chi connectivity index (χ0) is 19.1. The second kappa shape index (κ2) is 6.47. The van der Waals surface area contributed by atoms with Gasteiger partial charge < -0.3 is 10.6 Å².